The zero-order valence-corrected chi connectivity index (χ0v) is 11.4. The first kappa shape index (κ1) is 16.9. The van der Waals surface area contributed by atoms with Gasteiger partial charge in [0.1, 0.15) is 3.92 Å². The molecule has 0 aliphatic rings. The number of halogens is 6. The molecule has 1 atom stereocenters. The number of rotatable bonds is 6. The van der Waals surface area contributed by atoms with E-state index in [2.05, 4.69) is 16.3 Å². The Balaban J connectivity index is 4.65. The molecule has 0 fully saturated rings. The van der Waals surface area contributed by atoms with Gasteiger partial charge < -0.3 is 4.74 Å². The molecule has 9 heteroatoms. The normalized spacial score (nSPS) is 14.3. The number of alkyl halides is 6. The molecule has 0 saturated carbocycles. The SMILES string of the molecule is CCOC(=O)C(I)CC(F)(F)C(=O)C(F)(F)Cl. The Morgan fingerprint density at radius 2 is 1.82 bits per heavy atom. The Labute approximate surface area is 113 Å². The summed E-state index contributed by atoms with van der Waals surface area (Å²) in [4.78, 5) is 21.6. The largest absolute Gasteiger partial charge is 0.465 e. The molecule has 17 heavy (non-hydrogen) atoms. The van der Waals surface area contributed by atoms with Crippen LogP contribution in [0.5, 0.6) is 0 Å². The van der Waals surface area contributed by atoms with E-state index >= 15 is 0 Å². The summed E-state index contributed by atoms with van der Waals surface area (Å²) in [5, 5.41) is -4.66. The van der Waals surface area contributed by atoms with Crippen molar-refractivity contribution < 1.29 is 31.9 Å². The number of hydrogen-bond acceptors (Lipinski definition) is 3. The maximum absolute atomic E-state index is 13.0. The summed E-state index contributed by atoms with van der Waals surface area (Å²) in [6.07, 6.45) is -1.38. The van der Waals surface area contributed by atoms with E-state index in [-0.39, 0.29) is 6.61 Å². The molecule has 0 radical (unpaired) electrons. The molecule has 0 saturated heterocycles. The van der Waals surface area contributed by atoms with Crippen molar-refractivity contribution in [2.45, 2.75) is 28.6 Å². The molecule has 0 aliphatic carbocycles. The lowest BCUT2D eigenvalue weighted by Crippen LogP contribution is -2.42. The van der Waals surface area contributed by atoms with Gasteiger partial charge in [0, 0.05) is 6.42 Å². The summed E-state index contributed by atoms with van der Waals surface area (Å²) >= 11 is 5.49. The highest BCUT2D eigenvalue weighted by Gasteiger charge is 2.54. The monoisotopic (exact) mass is 390 g/mol. The van der Waals surface area contributed by atoms with Gasteiger partial charge in [-0.15, -0.1) is 0 Å². The quantitative estimate of drug-likeness (QED) is 0.303. The first-order valence-electron chi connectivity index (χ1n) is 4.32. The summed E-state index contributed by atoms with van der Waals surface area (Å²) in [7, 11) is 0. The molecule has 0 aromatic rings. The third kappa shape index (κ3) is 5.36. The number of carbonyl (C=O) groups excluding carboxylic acids is 2. The lowest BCUT2D eigenvalue weighted by atomic mass is 10.1. The van der Waals surface area contributed by atoms with E-state index in [4.69, 9.17) is 0 Å². The van der Waals surface area contributed by atoms with Crippen LogP contribution >= 0.6 is 34.2 Å². The van der Waals surface area contributed by atoms with Gasteiger partial charge in [-0.1, -0.05) is 22.6 Å². The second kappa shape index (κ2) is 6.17. The number of Topliss-reactive ketones (excluding diaryl/α,β-unsaturated/α-hetero) is 1. The molecular formula is C8H8ClF4IO3. The number of hydrogen-bond donors (Lipinski definition) is 0. The van der Waals surface area contributed by atoms with E-state index in [1.54, 1.807) is 0 Å². The maximum Gasteiger partial charge on any atom is 0.386 e. The minimum absolute atomic E-state index is 0.0382. The van der Waals surface area contributed by atoms with Gasteiger partial charge in [0.25, 0.3) is 5.78 Å². The molecule has 0 aromatic heterocycles. The molecule has 0 spiro atoms. The van der Waals surface area contributed by atoms with Crippen molar-refractivity contribution in [2.75, 3.05) is 6.61 Å². The second-order valence-electron chi connectivity index (χ2n) is 2.96. The van der Waals surface area contributed by atoms with E-state index in [1.165, 1.54) is 29.5 Å². The highest BCUT2D eigenvalue weighted by molar-refractivity contribution is 14.1. The van der Waals surface area contributed by atoms with E-state index in [0.29, 0.717) is 0 Å². The average Bonchev–Trinajstić information content (AvgIpc) is 2.14. The molecule has 1 unspecified atom stereocenters. The van der Waals surface area contributed by atoms with E-state index in [0.717, 1.165) is 0 Å². The highest BCUT2D eigenvalue weighted by Crippen LogP contribution is 2.34. The van der Waals surface area contributed by atoms with Crippen LogP contribution in [0.15, 0.2) is 0 Å². The third-order valence-electron chi connectivity index (χ3n) is 1.57. The first-order chi connectivity index (χ1) is 7.52. The summed E-state index contributed by atoms with van der Waals surface area (Å²) in [5.41, 5.74) is 0. The van der Waals surface area contributed by atoms with Crippen molar-refractivity contribution in [3.8, 4) is 0 Å². The van der Waals surface area contributed by atoms with Gasteiger partial charge in [0.2, 0.25) is 0 Å². The molecule has 3 nitrogen and oxygen atoms in total. The Hall–Kier alpha value is -0.120. The fourth-order valence-corrected chi connectivity index (χ4v) is 1.71. The Kier molecular flexibility index (Phi) is 6.12. The number of ketones is 1. The van der Waals surface area contributed by atoms with Gasteiger partial charge >= 0.3 is 17.3 Å². The summed E-state index contributed by atoms with van der Waals surface area (Å²) in [6.45, 7) is 1.42. The van der Waals surface area contributed by atoms with Crippen molar-refractivity contribution >= 4 is 45.9 Å². The minimum atomic E-state index is -4.66. The van der Waals surface area contributed by atoms with Crippen molar-refractivity contribution in [3.63, 3.8) is 0 Å². The standard InChI is InChI=1S/C8H8ClF4IO3/c1-2-17-5(15)4(14)3-7(10,11)6(16)8(9,12)13/h4H,2-3H2,1H3. The minimum Gasteiger partial charge on any atom is -0.465 e. The topological polar surface area (TPSA) is 43.4 Å². The van der Waals surface area contributed by atoms with Crippen LogP contribution in [0, 0.1) is 0 Å². The van der Waals surface area contributed by atoms with Crippen LogP contribution in [0.3, 0.4) is 0 Å². The lowest BCUT2D eigenvalue weighted by Gasteiger charge is -2.19. The molecule has 0 aromatic carbocycles. The van der Waals surface area contributed by atoms with Gasteiger partial charge in [-0.3, -0.25) is 9.59 Å². The third-order valence-corrected chi connectivity index (χ3v) is 2.69. The molecule has 0 heterocycles. The van der Waals surface area contributed by atoms with Gasteiger partial charge in [0.15, 0.2) is 0 Å². The van der Waals surface area contributed by atoms with Crippen LogP contribution in [0.2, 0.25) is 0 Å². The Morgan fingerprint density at radius 3 is 2.18 bits per heavy atom. The molecule has 0 rings (SSSR count). The van der Waals surface area contributed by atoms with Crippen LogP contribution in [0.1, 0.15) is 13.3 Å². The van der Waals surface area contributed by atoms with Crippen molar-refractivity contribution in [1.29, 1.82) is 0 Å². The van der Waals surface area contributed by atoms with Crippen molar-refractivity contribution in [2.24, 2.45) is 0 Å². The van der Waals surface area contributed by atoms with Crippen LogP contribution in [-0.4, -0.2) is 33.6 Å². The van der Waals surface area contributed by atoms with Gasteiger partial charge in [0.05, 0.1) is 6.61 Å². The van der Waals surface area contributed by atoms with Crippen molar-refractivity contribution in [3.05, 3.63) is 0 Å². The van der Waals surface area contributed by atoms with Crippen LogP contribution in [0.4, 0.5) is 17.6 Å². The Bertz CT molecular complexity index is 306. The second-order valence-corrected chi connectivity index (χ2v) is 4.93. The fraction of sp³-hybridized carbons (Fsp3) is 0.750. The highest BCUT2D eigenvalue weighted by atomic mass is 127. The number of carbonyl (C=O) groups is 2. The van der Waals surface area contributed by atoms with Crippen LogP contribution < -0.4 is 0 Å². The van der Waals surface area contributed by atoms with E-state index < -0.39 is 33.4 Å². The van der Waals surface area contributed by atoms with Gasteiger partial charge in [-0.2, -0.15) is 17.6 Å². The zero-order valence-electron chi connectivity index (χ0n) is 8.48. The lowest BCUT2D eigenvalue weighted by molar-refractivity contribution is -0.161. The predicted molar refractivity (Wildman–Crippen MR) is 59.8 cm³/mol. The Morgan fingerprint density at radius 1 is 1.35 bits per heavy atom. The van der Waals surface area contributed by atoms with E-state index in [9.17, 15) is 27.2 Å². The fourth-order valence-electron chi connectivity index (χ4n) is 0.841. The molecule has 0 aliphatic heterocycles. The van der Waals surface area contributed by atoms with Crippen molar-refractivity contribution in [1.82, 2.24) is 0 Å². The van der Waals surface area contributed by atoms with Gasteiger partial charge in [-0.05, 0) is 18.5 Å². The molecule has 0 bridgehead atoms. The molecule has 0 amide bonds. The maximum atomic E-state index is 13.0. The van der Waals surface area contributed by atoms with Crippen LogP contribution in [-0.2, 0) is 14.3 Å². The number of ether oxygens (including phenoxy) is 1. The molecule has 100 valence electrons. The summed E-state index contributed by atoms with van der Waals surface area (Å²) in [5.74, 6) is -8.11. The van der Waals surface area contributed by atoms with Gasteiger partial charge in [-0.25, -0.2) is 0 Å². The summed E-state index contributed by atoms with van der Waals surface area (Å²) < 4.78 is 53.5. The van der Waals surface area contributed by atoms with Crippen LogP contribution in [0.25, 0.3) is 0 Å². The van der Waals surface area contributed by atoms with E-state index in [1.807, 2.05) is 0 Å². The first-order valence-corrected chi connectivity index (χ1v) is 5.95. The summed E-state index contributed by atoms with van der Waals surface area (Å²) in [6, 6.07) is 0. The molecule has 0 N–H and O–H groups in total. The zero-order chi connectivity index (χ0) is 13.9. The molecular weight excluding hydrogens is 382 g/mol. The number of esters is 1. The predicted octanol–water partition coefficient (Wildman–Crippen LogP) is 2.78. The average molecular weight is 390 g/mol. The smallest absolute Gasteiger partial charge is 0.386 e.